The van der Waals surface area contributed by atoms with Crippen molar-refractivity contribution >= 4 is 5.91 Å². The Morgan fingerprint density at radius 2 is 2.21 bits per heavy atom. The fraction of sp³-hybridized carbons (Fsp3) is 0.538. The summed E-state index contributed by atoms with van der Waals surface area (Å²) in [6.45, 7) is 7.82. The number of hydrogen-bond acceptors (Lipinski definition) is 4. The van der Waals surface area contributed by atoms with Gasteiger partial charge < -0.3 is 15.0 Å². The van der Waals surface area contributed by atoms with Crippen LogP contribution in [0.4, 0.5) is 13.2 Å². The van der Waals surface area contributed by atoms with Crippen LogP contribution in [-0.2, 0) is 11.2 Å². The topological polar surface area (TPSA) is 65.4 Å². The van der Waals surface area contributed by atoms with Gasteiger partial charge in [0.05, 0.1) is 12.1 Å². The molecule has 8 heteroatoms. The molecule has 0 aliphatic carbocycles. The Labute approximate surface area is 199 Å². The van der Waals surface area contributed by atoms with Crippen molar-refractivity contribution in [1.29, 1.82) is 5.26 Å². The van der Waals surface area contributed by atoms with E-state index in [1.165, 1.54) is 0 Å². The van der Waals surface area contributed by atoms with E-state index in [-0.39, 0.29) is 24.5 Å². The summed E-state index contributed by atoms with van der Waals surface area (Å²) in [5.74, 6) is 0.717. The molecule has 1 fully saturated rings. The lowest BCUT2D eigenvalue weighted by molar-refractivity contribution is -0.136. The maximum Gasteiger partial charge on any atom is 0.389 e. The molecule has 184 valence electrons. The number of alkyl halides is 3. The lowest BCUT2D eigenvalue weighted by Crippen LogP contribution is -2.53. The minimum Gasteiger partial charge on any atom is -0.494 e. The Morgan fingerprint density at radius 3 is 2.85 bits per heavy atom. The quantitative estimate of drug-likeness (QED) is 0.369. The highest BCUT2D eigenvalue weighted by molar-refractivity contribution is 5.99. The summed E-state index contributed by atoms with van der Waals surface area (Å²) in [6, 6.07) is 9.37. The second kappa shape index (κ2) is 11.0. The van der Waals surface area contributed by atoms with Crippen LogP contribution in [0.1, 0.15) is 51.0 Å². The number of nitriles is 1. The van der Waals surface area contributed by atoms with Gasteiger partial charge in [0.25, 0.3) is 5.91 Å². The third-order valence-electron chi connectivity index (χ3n) is 6.74. The van der Waals surface area contributed by atoms with Gasteiger partial charge in [0, 0.05) is 31.6 Å². The largest absolute Gasteiger partial charge is 0.494 e. The molecule has 2 aliphatic rings. The maximum absolute atomic E-state index is 12.8. The van der Waals surface area contributed by atoms with Gasteiger partial charge in [0.1, 0.15) is 17.4 Å². The molecule has 0 radical (unpaired) electrons. The molecule has 2 atom stereocenters. The molecular formula is C26H32F3N3O2. The second-order valence-electron chi connectivity index (χ2n) is 9.15. The molecule has 1 saturated heterocycles. The Balaban J connectivity index is 1.66. The van der Waals surface area contributed by atoms with Crippen molar-refractivity contribution in [1.82, 2.24) is 10.2 Å². The van der Waals surface area contributed by atoms with Crippen molar-refractivity contribution in [3.05, 3.63) is 53.8 Å². The standard InChI is InChI=1S/C26H32F3N3O2/c1-3-19-10-13-32(18-19)23-16-25(4-2,31-24(33)22(23)17-30)12-9-20-7-5-8-21(15-20)34-14-6-11-26(27,28)29/h4-5,7-8,15,19H,2-3,6,9-14,16,18H2,1H3,(H,31,33)/t19?,25-/m0/s1. The molecule has 34 heavy (non-hydrogen) atoms. The van der Waals surface area contributed by atoms with Gasteiger partial charge in [0.2, 0.25) is 0 Å². The number of amides is 1. The molecule has 0 spiro atoms. The number of halogens is 3. The molecule has 2 heterocycles. The number of ether oxygens (including phenoxy) is 1. The predicted molar refractivity (Wildman–Crippen MR) is 124 cm³/mol. The van der Waals surface area contributed by atoms with E-state index in [0.717, 1.165) is 37.2 Å². The van der Waals surface area contributed by atoms with Crippen LogP contribution in [0.15, 0.2) is 48.2 Å². The van der Waals surface area contributed by atoms with Gasteiger partial charge in [-0.05, 0) is 49.3 Å². The number of benzene rings is 1. The van der Waals surface area contributed by atoms with Crippen molar-refractivity contribution in [3.63, 3.8) is 0 Å². The molecular weight excluding hydrogens is 443 g/mol. The first-order valence-electron chi connectivity index (χ1n) is 11.8. The van der Waals surface area contributed by atoms with Crippen LogP contribution in [-0.4, -0.2) is 42.2 Å². The molecule has 1 N–H and O–H groups in total. The van der Waals surface area contributed by atoms with E-state index < -0.39 is 18.1 Å². The lowest BCUT2D eigenvalue weighted by atomic mass is 9.82. The number of nitrogens with zero attached hydrogens (tertiary/aromatic N) is 2. The van der Waals surface area contributed by atoms with Gasteiger partial charge in [-0.1, -0.05) is 31.6 Å². The second-order valence-corrected chi connectivity index (χ2v) is 9.15. The van der Waals surface area contributed by atoms with Gasteiger partial charge in [-0.3, -0.25) is 4.79 Å². The summed E-state index contributed by atoms with van der Waals surface area (Å²) in [5.41, 5.74) is 1.25. The van der Waals surface area contributed by atoms with Crippen LogP contribution in [0, 0.1) is 17.2 Å². The van der Waals surface area contributed by atoms with Crippen molar-refractivity contribution < 1.29 is 22.7 Å². The zero-order valence-electron chi connectivity index (χ0n) is 19.6. The van der Waals surface area contributed by atoms with Gasteiger partial charge in [0.15, 0.2) is 0 Å². The van der Waals surface area contributed by atoms with Crippen molar-refractivity contribution in [2.75, 3.05) is 19.7 Å². The zero-order chi connectivity index (χ0) is 24.8. The molecule has 1 aromatic rings. The van der Waals surface area contributed by atoms with Crippen LogP contribution < -0.4 is 10.1 Å². The third kappa shape index (κ3) is 6.55. The molecule has 0 aromatic heterocycles. The van der Waals surface area contributed by atoms with E-state index >= 15 is 0 Å². The lowest BCUT2D eigenvalue weighted by Gasteiger charge is -2.39. The number of carbonyl (C=O) groups is 1. The highest BCUT2D eigenvalue weighted by Crippen LogP contribution is 2.35. The molecule has 5 nitrogen and oxygen atoms in total. The first-order chi connectivity index (χ1) is 16.2. The van der Waals surface area contributed by atoms with Gasteiger partial charge in [-0.15, -0.1) is 6.58 Å². The number of hydrogen-bond donors (Lipinski definition) is 1. The van der Waals surface area contributed by atoms with Gasteiger partial charge in [-0.2, -0.15) is 18.4 Å². The molecule has 1 unspecified atom stereocenters. The average molecular weight is 476 g/mol. The normalized spacial score (nSPS) is 23.0. The monoisotopic (exact) mass is 475 g/mol. The summed E-state index contributed by atoms with van der Waals surface area (Å²) in [4.78, 5) is 15.0. The smallest absolute Gasteiger partial charge is 0.389 e. The number of rotatable bonds is 10. The van der Waals surface area contributed by atoms with E-state index in [4.69, 9.17) is 4.74 Å². The highest BCUT2D eigenvalue weighted by atomic mass is 19.4. The minimum atomic E-state index is -4.18. The number of likely N-dealkylation sites (tertiary alicyclic amines) is 1. The van der Waals surface area contributed by atoms with E-state index in [1.807, 2.05) is 18.2 Å². The first-order valence-corrected chi connectivity index (χ1v) is 11.8. The summed E-state index contributed by atoms with van der Waals surface area (Å²) < 4.78 is 42.4. The molecule has 0 saturated carbocycles. The third-order valence-corrected chi connectivity index (χ3v) is 6.74. The Bertz CT molecular complexity index is 967. The maximum atomic E-state index is 12.8. The van der Waals surface area contributed by atoms with Gasteiger partial charge in [-0.25, -0.2) is 0 Å². The first kappa shape index (κ1) is 25.7. The molecule has 2 aliphatic heterocycles. The van der Waals surface area contributed by atoms with E-state index in [0.29, 0.717) is 30.9 Å². The summed E-state index contributed by atoms with van der Waals surface area (Å²) in [6.07, 6.45) is 0.428. The average Bonchev–Trinajstić information content (AvgIpc) is 3.29. The molecule has 1 aromatic carbocycles. The van der Waals surface area contributed by atoms with Crippen LogP contribution >= 0.6 is 0 Å². The number of carbonyl (C=O) groups excluding carboxylic acids is 1. The van der Waals surface area contributed by atoms with E-state index in [1.54, 1.807) is 12.1 Å². The van der Waals surface area contributed by atoms with Crippen molar-refractivity contribution in [2.24, 2.45) is 5.92 Å². The summed E-state index contributed by atoms with van der Waals surface area (Å²) in [5, 5.41) is 12.6. The van der Waals surface area contributed by atoms with Crippen molar-refractivity contribution in [3.8, 4) is 11.8 Å². The Hall–Kier alpha value is -2.95. The van der Waals surface area contributed by atoms with Crippen LogP contribution in [0.25, 0.3) is 0 Å². The van der Waals surface area contributed by atoms with Crippen molar-refractivity contribution in [2.45, 2.75) is 63.6 Å². The zero-order valence-corrected chi connectivity index (χ0v) is 19.6. The Kier molecular flexibility index (Phi) is 8.29. The minimum absolute atomic E-state index is 0.00467. The SMILES string of the molecule is C=C[C@]1(CCc2cccc(OCCCC(F)(F)F)c2)CC(N2CCC(CC)C2)=C(C#N)C(=O)N1. The van der Waals surface area contributed by atoms with Crippen LogP contribution in [0.3, 0.4) is 0 Å². The van der Waals surface area contributed by atoms with Gasteiger partial charge >= 0.3 is 6.18 Å². The van der Waals surface area contributed by atoms with Crippen LogP contribution in [0.5, 0.6) is 5.75 Å². The predicted octanol–water partition coefficient (Wildman–Crippen LogP) is 5.29. The molecule has 0 bridgehead atoms. The number of nitrogens with one attached hydrogen (secondary N) is 1. The van der Waals surface area contributed by atoms with E-state index in [9.17, 15) is 23.2 Å². The molecule has 1 amide bonds. The van der Waals surface area contributed by atoms with Crippen LogP contribution in [0.2, 0.25) is 0 Å². The summed E-state index contributed by atoms with van der Waals surface area (Å²) >= 11 is 0. The fourth-order valence-corrected chi connectivity index (χ4v) is 4.64. The highest BCUT2D eigenvalue weighted by Gasteiger charge is 2.40. The van der Waals surface area contributed by atoms with E-state index in [2.05, 4.69) is 29.8 Å². The fourth-order valence-electron chi connectivity index (χ4n) is 4.64. The molecule has 3 rings (SSSR count). The summed E-state index contributed by atoms with van der Waals surface area (Å²) in [7, 11) is 0. The number of aryl methyl sites for hydroxylation is 1. The Morgan fingerprint density at radius 1 is 1.41 bits per heavy atom.